The Morgan fingerprint density at radius 1 is 0.321 bits per heavy atom. The van der Waals surface area contributed by atoms with Gasteiger partial charge in [-0.3, -0.25) is 0 Å². The van der Waals surface area contributed by atoms with Crippen LogP contribution in [0.15, 0.2) is 176 Å². The van der Waals surface area contributed by atoms with Crippen LogP contribution in [-0.4, -0.2) is 24.9 Å². The zero-order valence-corrected chi connectivity index (χ0v) is 31.4. The van der Waals surface area contributed by atoms with Gasteiger partial charge >= 0.3 is 0 Å². The second-order valence-corrected chi connectivity index (χ2v) is 15.7. The minimum Gasteiger partial charge on any atom is -0.226 e. The second kappa shape index (κ2) is 13.4. The lowest BCUT2D eigenvalue weighted by Crippen LogP contribution is -2.02. The van der Waals surface area contributed by atoms with Gasteiger partial charge in [0.1, 0.15) is 0 Å². The van der Waals surface area contributed by atoms with E-state index in [0.717, 1.165) is 60.2 Å². The van der Waals surface area contributed by atoms with Gasteiger partial charge in [-0.25, -0.2) is 24.9 Å². The van der Waals surface area contributed by atoms with Crippen molar-refractivity contribution in [2.45, 2.75) is 0 Å². The Hall–Kier alpha value is -6.93. The van der Waals surface area contributed by atoms with Crippen molar-refractivity contribution in [3.63, 3.8) is 0 Å². The Morgan fingerprint density at radius 3 is 1.57 bits per heavy atom. The molecule has 7 heteroatoms. The third-order valence-electron chi connectivity index (χ3n) is 10.2. The number of nitrogens with zero attached hydrogens (tertiary/aromatic N) is 5. The Balaban J connectivity index is 1.21. The van der Waals surface area contributed by atoms with E-state index in [0.29, 0.717) is 23.3 Å². The van der Waals surface area contributed by atoms with E-state index in [4.69, 9.17) is 24.9 Å². The molecule has 0 fully saturated rings. The van der Waals surface area contributed by atoms with Gasteiger partial charge in [-0.1, -0.05) is 152 Å². The standard InChI is InChI=1S/C49H29N5S2/c1-4-15-30(16-5-1)43-45-44(37-22-11-13-25-40(37)56-45)51-48(50-43)33-27-28-34(35-23-14-26-41-42(35)36-21-10-12-24-39(36)55-41)38(29-33)49-53-46(31-17-6-2-7-18-31)52-47(54-49)32-19-8-3-9-20-32/h1-29H. The van der Waals surface area contributed by atoms with E-state index in [1.807, 2.05) is 78.1 Å². The van der Waals surface area contributed by atoms with Gasteiger partial charge in [0.05, 0.1) is 15.9 Å². The summed E-state index contributed by atoms with van der Waals surface area (Å²) < 4.78 is 4.75. The molecule has 0 aliphatic heterocycles. The lowest BCUT2D eigenvalue weighted by Gasteiger charge is -2.15. The van der Waals surface area contributed by atoms with E-state index >= 15 is 0 Å². The molecule has 0 saturated carbocycles. The minimum absolute atomic E-state index is 0.580. The van der Waals surface area contributed by atoms with Gasteiger partial charge < -0.3 is 0 Å². The summed E-state index contributed by atoms with van der Waals surface area (Å²) in [5.74, 6) is 2.45. The van der Waals surface area contributed by atoms with E-state index in [-0.39, 0.29) is 0 Å². The molecule has 0 aliphatic carbocycles. The maximum absolute atomic E-state index is 5.33. The molecule has 5 nitrogen and oxygen atoms in total. The van der Waals surface area contributed by atoms with Crippen molar-refractivity contribution in [2.75, 3.05) is 0 Å². The molecule has 4 aromatic heterocycles. The van der Waals surface area contributed by atoms with Gasteiger partial charge in [0, 0.05) is 58.1 Å². The first kappa shape index (κ1) is 32.5. The van der Waals surface area contributed by atoms with Gasteiger partial charge in [0.15, 0.2) is 23.3 Å². The lowest BCUT2D eigenvalue weighted by atomic mass is 9.93. The summed E-state index contributed by atoms with van der Waals surface area (Å²) in [6.45, 7) is 0. The predicted molar refractivity (Wildman–Crippen MR) is 234 cm³/mol. The Bertz CT molecular complexity index is 3190. The first-order valence-electron chi connectivity index (χ1n) is 18.4. The average molecular weight is 752 g/mol. The van der Waals surface area contributed by atoms with Gasteiger partial charge in [-0.05, 0) is 35.4 Å². The monoisotopic (exact) mass is 751 g/mol. The maximum Gasteiger partial charge on any atom is 0.164 e. The van der Waals surface area contributed by atoms with Gasteiger partial charge in [0.2, 0.25) is 0 Å². The molecule has 0 aliphatic rings. The molecule has 0 saturated heterocycles. The molecule has 0 bridgehead atoms. The van der Waals surface area contributed by atoms with Crippen molar-refractivity contribution in [3.8, 4) is 67.9 Å². The largest absolute Gasteiger partial charge is 0.226 e. The van der Waals surface area contributed by atoms with Crippen LogP contribution < -0.4 is 0 Å². The zero-order valence-electron chi connectivity index (χ0n) is 29.8. The van der Waals surface area contributed by atoms with Gasteiger partial charge in [0.25, 0.3) is 0 Å². The highest BCUT2D eigenvalue weighted by molar-refractivity contribution is 7.26. The maximum atomic E-state index is 5.33. The molecule has 262 valence electrons. The van der Waals surface area contributed by atoms with E-state index in [1.165, 1.54) is 24.9 Å². The summed E-state index contributed by atoms with van der Waals surface area (Å²) >= 11 is 3.55. The Morgan fingerprint density at radius 2 is 0.875 bits per heavy atom. The Kier molecular flexibility index (Phi) is 7.79. The predicted octanol–water partition coefficient (Wildman–Crippen LogP) is 13.4. The molecule has 0 N–H and O–H groups in total. The van der Waals surface area contributed by atoms with Crippen molar-refractivity contribution in [1.29, 1.82) is 0 Å². The fraction of sp³-hybridized carbons (Fsp3) is 0. The number of hydrogen-bond donors (Lipinski definition) is 0. The van der Waals surface area contributed by atoms with E-state index < -0.39 is 0 Å². The van der Waals surface area contributed by atoms with Crippen LogP contribution in [0, 0.1) is 0 Å². The number of thiophene rings is 2. The number of hydrogen-bond acceptors (Lipinski definition) is 7. The summed E-state index contributed by atoms with van der Waals surface area (Å²) in [5, 5.41) is 3.57. The molecule has 0 unspecified atom stereocenters. The number of benzene rings is 7. The normalized spacial score (nSPS) is 11.6. The smallest absolute Gasteiger partial charge is 0.164 e. The van der Waals surface area contributed by atoms with Gasteiger partial charge in [-0.15, -0.1) is 22.7 Å². The van der Waals surface area contributed by atoms with Crippen LogP contribution in [0.5, 0.6) is 0 Å². The highest BCUT2D eigenvalue weighted by atomic mass is 32.1. The van der Waals surface area contributed by atoms with Crippen molar-refractivity contribution >= 4 is 63.1 Å². The van der Waals surface area contributed by atoms with E-state index in [2.05, 4.69) is 109 Å². The van der Waals surface area contributed by atoms with Crippen LogP contribution in [-0.2, 0) is 0 Å². The van der Waals surface area contributed by atoms with Crippen LogP contribution in [0.1, 0.15) is 0 Å². The summed E-state index contributed by atoms with van der Waals surface area (Å²) in [4.78, 5) is 26.2. The molecular formula is C49H29N5S2. The molecule has 0 amide bonds. The molecule has 0 radical (unpaired) electrons. The number of aromatic nitrogens is 5. The molecule has 0 spiro atoms. The highest BCUT2D eigenvalue weighted by Crippen LogP contribution is 2.44. The average Bonchev–Trinajstić information content (AvgIpc) is 3.85. The van der Waals surface area contributed by atoms with Crippen LogP contribution in [0.3, 0.4) is 0 Å². The van der Waals surface area contributed by atoms with Crippen molar-refractivity contribution in [3.05, 3.63) is 176 Å². The zero-order chi connectivity index (χ0) is 37.0. The number of fused-ring (bicyclic) bond motifs is 6. The fourth-order valence-corrected chi connectivity index (χ4v) is 9.83. The molecule has 0 atom stereocenters. The quantitative estimate of drug-likeness (QED) is 0.169. The molecule has 4 heterocycles. The third-order valence-corrected chi connectivity index (χ3v) is 12.5. The van der Waals surface area contributed by atoms with Crippen LogP contribution in [0.2, 0.25) is 0 Å². The van der Waals surface area contributed by atoms with E-state index in [9.17, 15) is 0 Å². The molecule has 56 heavy (non-hydrogen) atoms. The molecule has 11 aromatic rings. The summed E-state index contributed by atoms with van der Waals surface area (Å²) in [5.41, 5.74) is 8.66. The van der Waals surface area contributed by atoms with Crippen molar-refractivity contribution in [1.82, 2.24) is 24.9 Å². The molecule has 7 aromatic carbocycles. The van der Waals surface area contributed by atoms with Crippen LogP contribution in [0.4, 0.5) is 0 Å². The first-order valence-corrected chi connectivity index (χ1v) is 20.1. The minimum atomic E-state index is 0.580. The van der Waals surface area contributed by atoms with E-state index in [1.54, 1.807) is 11.3 Å². The number of rotatable bonds is 6. The van der Waals surface area contributed by atoms with Gasteiger partial charge in [-0.2, -0.15) is 0 Å². The third kappa shape index (κ3) is 5.56. The summed E-state index contributed by atoms with van der Waals surface area (Å²) in [6, 6.07) is 60.9. The SMILES string of the molecule is c1ccc(-c2nc(-c3ccccc3)nc(-c3cc(-c4nc(-c5ccccc5)c5sc6ccccc6c5n4)ccc3-c3cccc4sc5ccccc5c34)n2)cc1. The molecule has 11 rings (SSSR count). The Labute approximate surface area is 330 Å². The fourth-order valence-electron chi connectivity index (χ4n) is 7.54. The second-order valence-electron chi connectivity index (χ2n) is 13.6. The lowest BCUT2D eigenvalue weighted by molar-refractivity contribution is 1.07. The van der Waals surface area contributed by atoms with Crippen molar-refractivity contribution < 1.29 is 0 Å². The van der Waals surface area contributed by atoms with Crippen LogP contribution in [0.25, 0.3) is 108 Å². The summed E-state index contributed by atoms with van der Waals surface area (Å²) in [6.07, 6.45) is 0. The van der Waals surface area contributed by atoms with Crippen molar-refractivity contribution in [2.24, 2.45) is 0 Å². The summed E-state index contributed by atoms with van der Waals surface area (Å²) in [7, 11) is 0. The van der Waals surface area contributed by atoms with Crippen LogP contribution >= 0.6 is 22.7 Å². The molecular weight excluding hydrogens is 723 g/mol. The topological polar surface area (TPSA) is 64.5 Å². The highest BCUT2D eigenvalue weighted by Gasteiger charge is 2.22. The first-order chi connectivity index (χ1) is 27.7.